The fourth-order valence-corrected chi connectivity index (χ4v) is 3.05. The summed E-state index contributed by atoms with van der Waals surface area (Å²) in [6.07, 6.45) is 1.28. The molecule has 150 valence electrons. The third kappa shape index (κ3) is 5.10. The Bertz CT molecular complexity index is 972. The van der Waals surface area contributed by atoms with E-state index in [1.54, 1.807) is 26.4 Å². The van der Waals surface area contributed by atoms with Crippen molar-refractivity contribution >= 4 is 11.6 Å². The van der Waals surface area contributed by atoms with E-state index in [1.165, 1.54) is 6.07 Å². The largest absolute Gasteiger partial charge is 0.497 e. The van der Waals surface area contributed by atoms with Crippen LogP contribution in [-0.2, 0) is 13.0 Å². The second-order valence-corrected chi connectivity index (χ2v) is 6.68. The number of hydrogen-bond donors (Lipinski definition) is 0. The van der Waals surface area contributed by atoms with Gasteiger partial charge in [-0.1, -0.05) is 24.3 Å². The number of carbonyl (C=O) groups is 1. The van der Waals surface area contributed by atoms with Gasteiger partial charge in [0.25, 0.3) is 0 Å². The summed E-state index contributed by atoms with van der Waals surface area (Å²) in [5.74, 6) is 1.20. The van der Waals surface area contributed by atoms with E-state index in [9.17, 15) is 9.18 Å². The lowest BCUT2D eigenvalue weighted by molar-refractivity contribution is 0.0992. The fraction of sp³-hybridized carbons (Fsp3) is 0.217. The van der Waals surface area contributed by atoms with E-state index in [2.05, 4.69) is 4.98 Å². The predicted octanol–water partition coefficient (Wildman–Crippen LogP) is 4.30. The van der Waals surface area contributed by atoms with Gasteiger partial charge >= 0.3 is 0 Å². The van der Waals surface area contributed by atoms with Gasteiger partial charge in [-0.05, 0) is 41.5 Å². The number of carbonyl (C=O) groups excluding carboxylic acids is 1. The second-order valence-electron chi connectivity index (χ2n) is 6.68. The van der Waals surface area contributed by atoms with Crippen molar-refractivity contribution in [1.82, 2.24) is 4.98 Å². The van der Waals surface area contributed by atoms with E-state index in [-0.39, 0.29) is 17.8 Å². The maximum Gasteiger partial charge on any atom is 0.171 e. The summed E-state index contributed by atoms with van der Waals surface area (Å²) in [4.78, 5) is 18.9. The summed E-state index contributed by atoms with van der Waals surface area (Å²) in [5, 5.41) is 0. The lowest BCUT2D eigenvalue weighted by Crippen LogP contribution is -2.21. The van der Waals surface area contributed by atoms with Crippen molar-refractivity contribution in [3.63, 3.8) is 0 Å². The minimum atomic E-state index is -0.537. The van der Waals surface area contributed by atoms with E-state index in [4.69, 9.17) is 9.47 Å². The first kappa shape index (κ1) is 20.3. The summed E-state index contributed by atoms with van der Waals surface area (Å²) >= 11 is 0. The van der Waals surface area contributed by atoms with E-state index < -0.39 is 5.82 Å². The molecule has 0 atom stereocenters. The van der Waals surface area contributed by atoms with Crippen molar-refractivity contribution in [1.29, 1.82) is 0 Å². The average molecular weight is 394 g/mol. The molecule has 0 bridgehead atoms. The molecule has 0 saturated heterocycles. The van der Waals surface area contributed by atoms with Gasteiger partial charge in [0.05, 0.1) is 26.0 Å². The molecule has 6 heteroatoms. The van der Waals surface area contributed by atoms with E-state index in [0.29, 0.717) is 18.1 Å². The second kappa shape index (κ2) is 9.19. The molecule has 1 aromatic heterocycles. The smallest absolute Gasteiger partial charge is 0.171 e. The van der Waals surface area contributed by atoms with Crippen LogP contribution in [0.3, 0.4) is 0 Å². The average Bonchev–Trinajstić information content (AvgIpc) is 2.74. The summed E-state index contributed by atoms with van der Waals surface area (Å²) in [7, 11) is 5.03. The molecule has 0 aliphatic rings. The van der Waals surface area contributed by atoms with Crippen LogP contribution in [0.25, 0.3) is 0 Å². The van der Waals surface area contributed by atoms with Crippen LogP contribution in [0.15, 0.2) is 60.8 Å². The van der Waals surface area contributed by atoms with Crippen LogP contribution in [0.4, 0.5) is 10.2 Å². The molecule has 2 aromatic carbocycles. The van der Waals surface area contributed by atoms with Gasteiger partial charge in [-0.3, -0.25) is 4.79 Å². The van der Waals surface area contributed by atoms with Crippen molar-refractivity contribution in [3.8, 4) is 11.5 Å². The molecule has 0 aliphatic heterocycles. The maximum atomic E-state index is 13.9. The highest BCUT2D eigenvalue weighted by atomic mass is 19.1. The topological polar surface area (TPSA) is 51.7 Å². The Morgan fingerprint density at radius 2 is 1.52 bits per heavy atom. The Hall–Kier alpha value is -3.41. The SMILES string of the molecule is COc1ccc(CC(=O)c2cc(F)cnc2N(C)Cc2ccc(OC)cc2)cc1. The van der Waals surface area contributed by atoms with Crippen LogP contribution in [0, 0.1) is 5.82 Å². The molecule has 0 radical (unpaired) electrons. The number of ether oxygens (including phenoxy) is 2. The van der Waals surface area contributed by atoms with Crippen molar-refractivity contribution in [2.45, 2.75) is 13.0 Å². The highest BCUT2D eigenvalue weighted by molar-refractivity contribution is 6.01. The van der Waals surface area contributed by atoms with Crippen LogP contribution in [0.5, 0.6) is 11.5 Å². The Balaban J connectivity index is 1.80. The third-order valence-electron chi connectivity index (χ3n) is 4.60. The first-order chi connectivity index (χ1) is 14.0. The molecule has 0 spiro atoms. The van der Waals surface area contributed by atoms with Crippen molar-refractivity contribution in [2.24, 2.45) is 0 Å². The summed E-state index contributed by atoms with van der Waals surface area (Å²) in [5.41, 5.74) is 2.11. The highest BCUT2D eigenvalue weighted by Gasteiger charge is 2.18. The van der Waals surface area contributed by atoms with Crippen molar-refractivity contribution in [3.05, 3.63) is 83.3 Å². The van der Waals surface area contributed by atoms with Crippen LogP contribution >= 0.6 is 0 Å². The normalized spacial score (nSPS) is 10.5. The molecule has 5 nitrogen and oxygen atoms in total. The number of ketones is 1. The van der Waals surface area contributed by atoms with Gasteiger partial charge in [-0.25, -0.2) is 9.37 Å². The monoisotopic (exact) mass is 394 g/mol. The fourth-order valence-electron chi connectivity index (χ4n) is 3.05. The van der Waals surface area contributed by atoms with E-state index >= 15 is 0 Å². The van der Waals surface area contributed by atoms with Crippen LogP contribution in [0.2, 0.25) is 0 Å². The van der Waals surface area contributed by atoms with E-state index in [1.807, 2.05) is 48.3 Å². The van der Waals surface area contributed by atoms with Crippen LogP contribution in [0.1, 0.15) is 21.5 Å². The number of methoxy groups -OCH3 is 2. The number of pyridine rings is 1. The Morgan fingerprint density at radius 1 is 0.966 bits per heavy atom. The van der Waals surface area contributed by atoms with E-state index in [0.717, 1.165) is 23.1 Å². The van der Waals surface area contributed by atoms with Gasteiger partial charge in [0.15, 0.2) is 5.78 Å². The minimum absolute atomic E-state index is 0.151. The Labute approximate surface area is 169 Å². The van der Waals surface area contributed by atoms with Crippen molar-refractivity contribution in [2.75, 3.05) is 26.2 Å². The standard InChI is InChI=1S/C23H23FN2O3/c1-26(15-17-6-10-20(29-3)11-7-17)23-21(13-18(24)14-25-23)22(27)12-16-4-8-19(28-2)9-5-16/h4-11,13-14H,12,15H2,1-3H3. The molecule has 0 unspecified atom stereocenters. The zero-order chi connectivity index (χ0) is 20.8. The number of halogens is 1. The summed E-state index contributed by atoms with van der Waals surface area (Å²) in [6, 6.07) is 16.1. The number of aromatic nitrogens is 1. The molecule has 0 aliphatic carbocycles. The van der Waals surface area contributed by atoms with Crippen molar-refractivity contribution < 1.29 is 18.7 Å². The predicted molar refractivity (Wildman–Crippen MR) is 110 cm³/mol. The van der Waals surface area contributed by atoms with Gasteiger partial charge < -0.3 is 14.4 Å². The molecule has 3 rings (SSSR count). The number of benzene rings is 2. The summed E-state index contributed by atoms with van der Waals surface area (Å²) < 4.78 is 24.2. The van der Waals surface area contributed by atoms with Crippen LogP contribution in [-0.4, -0.2) is 32.0 Å². The minimum Gasteiger partial charge on any atom is -0.497 e. The number of hydrogen-bond acceptors (Lipinski definition) is 5. The first-order valence-corrected chi connectivity index (χ1v) is 9.16. The van der Waals surface area contributed by atoms with Gasteiger partial charge in [0.1, 0.15) is 23.1 Å². The molecule has 3 aromatic rings. The van der Waals surface area contributed by atoms with Crippen LogP contribution < -0.4 is 14.4 Å². The van der Waals surface area contributed by atoms with Gasteiger partial charge in [-0.15, -0.1) is 0 Å². The molecule has 0 N–H and O–H groups in total. The Morgan fingerprint density at radius 3 is 2.07 bits per heavy atom. The maximum absolute atomic E-state index is 13.9. The zero-order valence-electron chi connectivity index (χ0n) is 16.7. The first-order valence-electron chi connectivity index (χ1n) is 9.16. The quantitative estimate of drug-likeness (QED) is 0.533. The molecule has 29 heavy (non-hydrogen) atoms. The molecular weight excluding hydrogens is 371 g/mol. The molecular formula is C23H23FN2O3. The third-order valence-corrected chi connectivity index (χ3v) is 4.60. The van der Waals surface area contributed by atoms with Gasteiger partial charge in [0, 0.05) is 20.0 Å². The summed E-state index contributed by atoms with van der Waals surface area (Å²) in [6.45, 7) is 0.519. The zero-order valence-corrected chi connectivity index (χ0v) is 16.7. The molecule has 0 saturated carbocycles. The van der Waals surface area contributed by atoms with Gasteiger partial charge in [-0.2, -0.15) is 0 Å². The lowest BCUT2D eigenvalue weighted by Gasteiger charge is -2.21. The molecule has 0 fully saturated rings. The molecule has 1 heterocycles. The highest BCUT2D eigenvalue weighted by Crippen LogP contribution is 2.23. The number of Topliss-reactive ketones (excluding diaryl/α,β-unsaturated/α-hetero) is 1. The number of rotatable bonds is 8. The molecule has 0 amide bonds. The number of anilines is 1. The van der Waals surface area contributed by atoms with Gasteiger partial charge in [0.2, 0.25) is 0 Å². The number of nitrogens with zero attached hydrogens (tertiary/aromatic N) is 2. The Kier molecular flexibility index (Phi) is 6.44. The lowest BCUT2D eigenvalue weighted by atomic mass is 10.0.